The molecule has 2 aromatic rings. The molecule has 8 nitrogen and oxygen atoms in total. The second-order valence-corrected chi connectivity index (χ2v) is 7.80. The summed E-state index contributed by atoms with van der Waals surface area (Å²) in [5.41, 5.74) is 7.20. The van der Waals surface area contributed by atoms with Crippen LogP contribution in [0.4, 0.5) is 0 Å². The van der Waals surface area contributed by atoms with E-state index in [1.54, 1.807) is 29.2 Å². The van der Waals surface area contributed by atoms with Crippen molar-refractivity contribution in [1.82, 2.24) is 10.2 Å². The lowest BCUT2D eigenvalue weighted by Crippen LogP contribution is -2.33. The molecule has 0 aromatic heterocycles. The second kappa shape index (κ2) is 14.6. The van der Waals surface area contributed by atoms with Gasteiger partial charge in [0.05, 0.1) is 7.11 Å². The van der Waals surface area contributed by atoms with Crippen LogP contribution in [0.15, 0.2) is 48.6 Å². The first kappa shape index (κ1) is 26.8. The largest absolute Gasteiger partial charge is 0.508 e. The number of ether oxygens (including phenoxy) is 1. The molecule has 0 fully saturated rings. The third kappa shape index (κ3) is 9.17. The number of aromatic hydroxyl groups is 3. The Labute approximate surface area is 201 Å². The van der Waals surface area contributed by atoms with E-state index in [4.69, 9.17) is 10.5 Å². The number of phenolic OH excluding ortho intramolecular Hbond substituents is 3. The molecule has 0 bridgehead atoms. The van der Waals surface area contributed by atoms with Gasteiger partial charge in [0.2, 0.25) is 11.7 Å². The van der Waals surface area contributed by atoms with Crippen molar-refractivity contribution >= 4 is 18.1 Å². The van der Waals surface area contributed by atoms with Gasteiger partial charge in [-0.2, -0.15) is 0 Å². The van der Waals surface area contributed by atoms with Crippen LogP contribution in [0.2, 0.25) is 0 Å². The molecule has 0 radical (unpaired) electrons. The van der Waals surface area contributed by atoms with E-state index in [0.717, 1.165) is 31.5 Å². The van der Waals surface area contributed by atoms with Gasteiger partial charge in [0.15, 0.2) is 11.5 Å². The zero-order valence-electron chi connectivity index (χ0n) is 19.6. The minimum Gasteiger partial charge on any atom is -0.508 e. The SMILES string of the molecule is COc1cc(/C=C/C(=O)N(CCCN)CCCCNC/C=C/c2ccc(O)cc2)cc(O)c1O. The Balaban J connectivity index is 1.77. The van der Waals surface area contributed by atoms with Crippen LogP contribution in [0, 0.1) is 0 Å². The molecular formula is C26H35N3O5. The van der Waals surface area contributed by atoms with E-state index in [2.05, 4.69) is 5.32 Å². The van der Waals surface area contributed by atoms with Gasteiger partial charge < -0.3 is 36.0 Å². The number of nitrogens with one attached hydrogen (secondary N) is 1. The standard InChI is InChI=1S/C26H35N3O5/c1-34-24-19-21(18-23(31)26(24)33)9-12-25(32)29(17-5-13-27)16-3-2-14-28-15-4-6-20-7-10-22(30)11-8-20/h4,6-12,18-19,28,30-31,33H,2-3,5,13-17,27H2,1H3/b6-4+,12-9+. The Bertz CT molecular complexity index is 958. The summed E-state index contributed by atoms with van der Waals surface area (Å²) in [6.45, 7) is 3.28. The molecule has 0 aliphatic carbocycles. The molecular weight excluding hydrogens is 434 g/mol. The molecule has 1 amide bonds. The number of benzene rings is 2. The number of hydrogen-bond donors (Lipinski definition) is 5. The lowest BCUT2D eigenvalue weighted by atomic mass is 10.1. The van der Waals surface area contributed by atoms with Crippen molar-refractivity contribution in [2.75, 3.05) is 39.8 Å². The number of unbranched alkanes of at least 4 members (excludes halogenated alkanes) is 1. The predicted molar refractivity (Wildman–Crippen MR) is 135 cm³/mol. The lowest BCUT2D eigenvalue weighted by molar-refractivity contribution is -0.126. The molecule has 0 atom stereocenters. The van der Waals surface area contributed by atoms with Crippen molar-refractivity contribution in [3.63, 3.8) is 0 Å². The van der Waals surface area contributed by atoms with Gasteiger partial charge in [-0.3, -0.25) is 4.79 Å². The van der Waals surface area contributed by atoms with Gasteiger partial charge in [-0.1, -0.05) is 24.3 Å². The molecule has 0 saturated carbocycles. The molecule has 0 saturated heterocycles. The normalized spacial score (nSPS) is 11.4. The van der Waals surface area contributed by atoms with Gasteiger partial charge in [-0.15, -0.1) is 0 Å². The molecule has 8 heteroatoms. The summed E-state index contributed by atoms with van der Waals surface area (Å²) in [4.78, 5) is 14.5. The fourth-order valence-corrected chi connectivity index (χ4v) is 3.27. The highest BCUT2D eigenvalue weighted by Crippen LogP contribution is 2.36. The molecule has 2 aromatic carbocycles. The Kier molecular flexibility index (Phi) is 11.5. The number of carbonyl (C=O) groups is 1. The molecule has 184 valence electrons. The molecule has 0 aliphatic rings. The lowest BCUT2D eigenvalue weighted by Gasteiger charge is -2.21. The van der Waals surface area contributed by atoms with Gasteiger partial charge >= 0.3 is 0 Å². The molecule has 6 N–H and O–H groups in total. The monoisotopic (exact) mass is 469 g/mol. The van der Waals surface area contributed by atoms with Crippen LogP contribution >= 0.6 is 0 Å². The fourth-order valence-electron chi connectivity index (χ4n) is 3.27. The summed E-state index contributed by atoms with van der Waals surface area (Å²) < 4.78 is 5.03. The third-order valence-corrected chi connectivity index (χ3v) is 5.16. The molecule has 0 spiro atoms. The maximum Gasteiger partial charge on any atom is 0.246 e. The van der Waals surface area contributed by atoms with Crippen LogP contribution < -0.4 is 15.8 Å². The Hall–Kier alpha value is -3.49. The number of nitrogens with zero attached hydrogens (tertiary/aromatic N) is 1. The second-order valence-electron chi connectivity index (χ2n) is 7.80. The quantitative estimate of drug-likeness (QED) is 0.163. The number of hydrogen-bond acceptors (Lipinski definition) is 7. The van der Waals surface area contributed by atoms with E-state index in [0.29, 0.717) is 31.6 Å². The minimum atomic E-state index is -0.333. The Morgan fingerprint density at radius 1 is 1.03 bits per heavy atom. The average molecular weight is 470 g/mol. The molecule has 34 heavy (non-hydrogen) atoms. The minimum absolute atomic E-state index is 0.134. The van der Waals surface area contributed by atoms with Gasteiger partial charge in [0, 0.05) is 25.7 Å². The Morgan fingerprint density at radius 3 is 2.47 bits per heavy atom. The maximum absolute atomic E-state index is 12.7. The summed E-state index contributed by atoms with van der Waals surface area (Å²) in [7, 11) is 1.39. The number of amides is 1. The van der Waals surface area contributed by atoms with Crippen LogP contribution in [0.3, 0.4) is 0 Å². The van der Waals surface area contributed by atoms with Crippen molar-refractivity contribution in [2.24, 2.45) is 5.73 Å². The summed E-state index contributed by atoms with van der Waals surface area (Å²) in [6.07, 6.45) is 9.56. The first-order chi connectivity index (χ1) is 16.4. The van der Waals surface area contributed by atoms with E-state index in [-0.39, 0.29) is 28.9 Å². The number of phenols is 3. The third-order valence-electron chi connectivity index (χ3n) is 5.16. The van der Waals surface area contributed by atoms with Crippen molar-refractivity contribution in [3.8, 4) is 23.0 Å². The van der Waals surface area contributed by atoms with Crippen molar-refractivity contribution in [3.05, 3.63) is 59.7 Å². The smallest absolute Gasteiger partial charge is 0.246 e. The van der Waals surface area contributed by atoms with Gasteiger partial charge in [0.1, 0.15) is 5.75 Å². The summed E-state index contributed by atoms with van der Waals surface area (Å²) in [6, 6.07) is 9.94. The average Bonchev–Trinajstić information content (AvgIpc) is 2.84. The highest BCUT2D eigenvalue weighted by atomic mass is 16.5. The van der Waals surface area contributed by atoms with E-state index >= 15 is 0 Å². The molecule has 0 unspecified atom stereocenters. The van der Waals surface area contributed by atoms with Crippen LogP contribution in [-0.4, -0.2) is 66.0 Å². The van der Waals surface area contributed by atoms with Crippen molar-refractivity contribution in [1.29, 1.82) is 0 Å². The maximum atomic E-state index is 12.7. The summed E-state index contributed by atoms with van der Waals surface area (Å²) >= 11 is 0. The van der Waals surface area contributed by atoms with E-state index in [1.165, 1.54) is 19.3 Å². The van der Waals surface area contributed by atoms with E-state index in [9.17, 15) is 20.1 Å². The topological polar surface area (TPSA) is 128 Å². The first-order valence-electron chi connectivity index (χ1n) is 11.4. The van der Waals surface area contributed by atoms with E-state index < -0.39 is 0 Å². The highest BCUT2D eigenvalue weighted by molar-refractivity contribution is 5.92. The number of methoxy groups -OCH3 is 1. The number of nitrogens with two attached hydrogens (primary N) is 1. The van der Waals surface area contributed by atoms with Crippen LogP contribution in [0.5, 0.6) is 23.0 Å². The van der Waals surface area contributed by atoms with Crippen LogP contribution in [0.25, 0.3) is 12.2 Å². The summed E-state index contributed by atoms with van der Waals surface area (Å²) in [5.74, 6) is -0.385. The zero-order chi connectivity index (χ0) is 24.8. The number of rotatable bonds is 14. The van der Waals surface area contributed by atoms with Crippen LogP contribution in [0.1, 0.15) is 30.4 Å². The number of carbonyl (C=O) groups excluding carboxylic acids is 1. The van der Waals surface area contributed by atoms with Gasteiger partial charge in [-0.05, 0) is 73.8 Å². The Morgan fingerprint density at radius 2 is 1.76 bits per heavy atom. The van der Waals surface area contributed by atoms with E-state index in [1.807, 2.05) is 24.3 Å². The van der Waals surface area contributed by atoms with Gasteiger partial charge in [-0.25, -0.2) is 0 Å². The zero-order valence-corrected chi connectivity index (χ0v) is 19.6. The molecule has 0 aliphatic heterocycles. The molecule has 0 heterocycles. The molecule has 2 rings (SSSR count). The van der Waals surface area contributed by atoms with Crippen molar-refractivity contribution in [2.45, 2.75) is 19.3 Å². The van der Waals surface area contributed by atoms with Crippen molar-refractivity contribution < 1.29 is 24.9 Å². The van der Waals surface area contributed by atoms with Gasteiger partial charge in [0.25, 0.3) is 0 Å². The van der Waals surface area contributed by atoms with Crippen LogP contribution in [-0.2, 0) is 4.79 Å². The summed E-state index contributed by atoms with van der Waals surface area (Å²) in [5, 5.41) is 32.2. The predicted octanol–water partition coefficient (Wildman–Crippen LogP) is 3.09. The highest BCUT2D eigenvalue weighted by Gasteiger charge is 2.11. The first-order valence-corrected chi connectivity index (χ1v) is 11.4. The fraction of sp³-hybridized carbons (Fsp3) is 0.346.